The zero-order valence-electron chi connectivity index (χ0n) is 10.3. The fraction of sp³-hybridized carbons (Fsp3) is 0.727. The molecule has 0 saturated carbocycles. The second-order valence-electron chi connectivity index (χ2n) is 4.68. The smallest absolute Gasteiger partial charge is 0.0831 e. The lowest BCUT2D eigenvalue weighted by Crippen LogP contribution is -2.28. The summed E-state index contributed by atoms with van der Waals surface area (Å²) in [7, 11) is 1.93. The Hall–Kier alpha value is -0.290. The molecule has 1 saturated heterocycles. The Morgan fingerprint density at radius 1 is 1.59 bits per heavy atom. The molecule has 98 valence electrons. The lowest BCUT2D eigenvalue weighted by atomic mass is 10.1. The van der Waals surface area contributed by atoms with Crippen molar-refractivity contribution in [3.63, 3.8) is 0 Å². The van der Waals surface area contributed by atoms with Crippen LogP contribution in [-0.4, -0.2) is 33.8 Å². The summed E-state index contributed by atoms with van der Waals surface area (Å²) in [5.41, 5.74) is 6.81. The molecular formula is C11H20Cl2N4. The molecule has 1 fully saturated rings. The van der Waals surface area contributed by atoms with Crippen molar-refractivity contribution in [1.82, 2.24) is 14.7 Å². The van der Waals surface area contributed by atoms with Crippen LogP contribution in [-0.2, 0) is 13.6 Å². The van der Waals surface area contributed by atoms with Gasteiger partial charge in [-0.05, 0) is 25.8 Å². The second kappa shape index (κ2) is 6.05. The predicted molar refractivity (Wildman–Crippen MR) is 72.5 cm³/mol. The van der Waals surface area contributed by atoms with E-state index in [9.17, 15) is 0 Å². The van der Waals surface area contributed by atoms with Gasteiger partial charge in [0.25, 0.3) is 0 Å². The van der Waals surface area contributed by atoms with Crippen LogP contribution in [0.4, 0.5) is 0 Å². The van der Waals surface area contributed by atoms with Crippen LogP contribution < -0.4 is 5.73 Å². The van der Waals surface area contributed by atoms with Gasteiger partial charge in [0.1, 0.15) is 0 Å². The third-order valence-electron chi connectivity index (χ3n) is 3.49. The van der Waals surface area contributed by atoms with E-state index in [1.807, 2.05) is 11.7 Å². The summed E-state index contributed by atoms with van der Waals surface area (Å²) in [5, 5.41) is 4.91. The van der Waals surface area contributed by atoms with Crippen molar-refractivity contribution in [2.45, 2.75) is 25.9 Å². The molecule has 2 rings (SSSR count). The van der Waals surface area contributed by atoms with Crippen molar-refractivity contribution >= 4 is 24.0 Å². The Morgan fingerprint density at radius 2 is 2.29 bits per heavy atom. The molecule has 0 amide bonds. The number of halogens is 2. The van der Waals surface area contributed by atoms with Crippen LogP contribution in [0.15, 0.2) is 6.20 Å². The van der Waals surface area contributed by atoms with Gasteiger partial charge in [-0.25, -0.2) is 0 Å². The van der Waals surface area contributed by atoms with Crippen molar-refractivity contribution in [2.75, 3.05) is 13.1 Å². The van der Waals surface area contributed by atoms with E-state index in [4.69, 9.17) is 17.3 Å². The summed E-state index contributed by atoms with van der Waals surface area (Å²) >= 11 is 6.11. The molecule has 4 nitrogen and oxygen atoms in total. The summed E-state index contributed by atoms with van der Waals surface area (Å²) < 4.78 is 1.85. The molecule has 2 unspecified atom stereocenters. The minimum absolute atomic E-state index is 0. The maximum atomic E-state index is 6.11. The van der Waals surface area contributed by atoms with Crippen LogP contribution in [0.25, 0.3) is 0 Å². The van der Waals surface area contributed by atoms with Gasteiger partial charge in [-0.2, -0.15) is 5.10 Å². The van der Waals surface area contributed by atoms with E-state index in [1.165, 1.54) is 6.42 Å². The van der Waals surface area contributed by atoms with E-state index in [2.05, 4.69) is 16.9 Å². The number of hydrogen-bond acceptors (Lipinski definition) is 3. The molecule has 17 heavy (non-hydrogen) atoms. The zero-order chi connectivity index (χ0) is 11.7. The van der Waals surface area contributed by atoms with Crippen LogP contribution in [0.1, 0.15) is 19.0 Å². The number of nitrogens with zero attached hydrogens (tertiary/aromatic N) is 3. The quantitative estimate of drug-likeness (QED) is 0.915. The molecule has 0 bridgehead atoms. The van der Waals surface area contributed by atoms with E-state index in [1.54, 1.807) is 6.20 Å². The van der Waals surface area contributed by atoms with E-state index < -0.39 is 0 Å². The fourth-order valence-corrected chi connectivity index (χ4v) is 2.64. The number of nitrogens with two attached hydrogens (primary N) is 1. The van der Waals surface area contributed by atoms with Gasteiger partial charge < -0.3 is 5.73 Å². The summed E-state index contributed by atoms with van der Waals surface area (Å²) in [6, 6.07) is 0.583. The van der Waals surface area contributed by atoms with Crippen LogP contribution in [0.3, 0.4) is 0 Å². The highest BCUT2D eigenvalue weighted by Gasteiger charge is 2.28. The molecule has 0 aromatic carbocycles. The highest BCUT2D eigenvalue weighted by atomic mass is 35.5. The van der Waals surface area contributed by atoms with Crippen molar-refractivity contribution in [3.8, 4) is 0 Å². The average Bonchev–Trinajstić information content (AvgIpc) is 2.76. The molecule has 2 atom stereocenters. The Labute approximate surface area is 114 Å². The number of hydrogen-bond donors (Lipinski definition) is 1. The Balaban J connectivity index is 0.00000144. The van der Waals surface area contributed by atoms with Crippen LogP contribution in [0.2, 0.25) is 5.02 Å². The third-order valence-corrected chi connectivity index (χ3v) is 3.80. The van der Waals surface area contributed by atoms with Gasteiger partial charge in [-0.3, -0.25) is 9.58 Å². The van der Waals surface area contributed by atoms with Crippen LogP contribution in [0, 0.1) is 5.92 Å². The third kappa shape index (κ3) is 3.13. The monoisotopic (exact) mass is 278 g/mol. The second-order valence-corrected chi connectivity index (χ2v) is 5.09. The first-order chi connectivity index (χ1) is 7.61. The summed E-state index contributed by atoms with van der Waals surface area (Å²) in [6.45, 7) is 4.96. The normalized spacial score (nSPS) is 24.9. The standard InChI is InChI=1S/C11H19ClN4.ClH/c1-8-3-9(4-13)6-16(8)7-11-10(12)5-14-15(11)2;/h5,8-9H,3-4,6-7,13H2,1-2H3;1H. The van der Waals surface area contributed by atoms with E-state index >= 15 is 0 Å². The van der Waals surface area contributed by atoms with Gasteiger partial charge in [0.2, 0.25) is 0 Å². The first-order valence-electron chi connectivity index (χ1n) is 5.72. The lowest BCUT2D eigenvalue weighted by molar-refractivity contribution is 0.249. The van der Waals surface area contributed by atoms with Crippen LogP contribution in [0.5, 0.6) is 0 Å². The maximum Gasteiger partial charge on any atom is 0.0831 e. The highest BCUT2D eigenvalue weighted by Crippen LogP contribution is 2.26. The van der Waals surface area contributed by atoms with Gasteiger partial charge in [-0.1, -0.05) is 11.6 Å². The maximum absolute atomic E-state index is 6.11. The summed E-state index contributed by atoms with van der Waals surface area (Å²) in [5.74, 6) is 0.627. The molecule has 2 N–H and O–H groups in total. The lowest BCUT2D eigenvalue weighted by Gasteiger charge is -2.21. The number of aromatic nitrogens is 2. The SMILES string of the molecule is CC1CC(CN)CN1Cc1c(Cl)cnn1C.Cl. The van der Waals surface area contributed by atoms with Gasteiger partial charge in [0.05, 0.1) is 16.9 Å². The molecule has 2 heterocycles. The van der Waals surface area contributed by atoms with Crippen molar-refractivity contribution in [3.05, 3.63) is 16.9 Å². The predicted octanol–water partition coefficient (Wildman–Crippen LogP) is 1.66. The minimum atomic E-state index is 0. The number of rotatable bonds is 3. The van der Waals surface area contributed by atoms with E-state index in [-0.39, 0.29) is 12.4 Å². The molecule has 0 aliphatic carbocycles. The molecule has 1 aromatic rings. The fourth-order valence-electron chi connectivity index (χ4n) is 2.42. The zero-order valence-corrected chi connectivity index (χ0v) is 11.8. The molecule has 0 radical (unpaired) electrons. The molecule has 1 aliphatic rings. The molecule has 1 aromatic heterocycles. The van der Waals surface area contributed by atoms with Crippen molar-refractivity contribution < 1.29 is 0 Å². The minimum Gasteiger partial charge on any atom is -0.330 e. The Kier molecular flexibility index (Phi) is 5.25. The first kappa shape index (κ1) is 14.8. The van der Waals surface area contributed by atoms with Crippen LogP contribution >= 0.6 is 24.0 Å². The number of likely N-dealkylation sites (tertiary alicyclic amines) is 1. The summed E-state index contributed by atoms with van der Waals surface area (Å²) in [4.78, 5) is 2.43. The molecule has 6 heteroatoms. The van der Waals surface area contributed by atoms with E-state index in [0.717, 1.165) is 30.4 Å². The van der Waals surface area contributed by atoms with Gasteiger partial charge in [-0.15, -0.1) is 12.4 Å². The van der Waals surface area contributed by atoms with Gasteiger partial charge in [0.15, 0.2) is 0 Å². The largest absolute Gasteiger partial charge is 0.330 e. The molecular weight excluding hydrogens is 259 g/mol. The number of aryl methyl sites for hydroxylation is 1. The van der Waals surface area contributed by atoms with Crippen molar-refractivity contribution in [2.24, 2.45) is 18.7 Å². The average molecular weight is 279 g/mol. The van der Waals surface area contributed by atoms with Crippen molar-refractivity contribution in [1.29, 1.82) is 0 Å². The molecule has 0 spiro atoms. The van der Waals surface area contributed by atoms with Gasteiger partial charge in [0, 0.05) is 26.2 Å². The summed E-state index contributed by atoms with van der Waals surface area (Å²) in [6.07, 6.45) is 2.89. The highest BCUT2D eigenvalue weighted by molar-refractivity contribution is 6.31. The topological polar surface area (TPSA) is 47.1 Å². The first-order valence-corrected chi connectivity index (χ1v) is 6.10. The molecule has 1 aliphatic heterocycles. The van der Waals surface area contributed by atoms with E-state index in [0.29, 0.717) is 12.0 Å². The van der Waals surface area contributed by atoms with Gasteiger partial charge >= 0.3 is 0 Å². The Bertz CT molecular complexity index is 347. The Morgan fingerprint density at radius 3 is 2.76 bits per heavy atom.